The Morgan fingerprint density at radius 1 is 1.20 bits per heavy atom. The molecule has 0 aliphatic carbocycles. The molecule has 2 rings (SSSR count). The van der Waals surface area contributed by atoms with E-state index in [1.54, 1.807) is 17.0 Å². The Labute approximate surface area is 124 Å². The van der Waals surface area contributed by atoms with Crippen molar-refractivity contribution in [2.45, 2.75) is 39.7 Å². The van der Waals surface area contributed by atoms with E-state index in [0.29, 0.717) is 23.7 Å². The highest BCUT2D eigenvalue weighted by Crippen LogP contribution is 2.28. The monoisotopic (exact) mass is 294 g/mol. The third-order valence-electron chi connectivity index (χ3n) is 3.44. The number of aryl methyl sites for hydroxylation is 1. The van der Waals surface area contributed by atoms with Crippen LogP contribution in [0.1, 0.15) is 32.8 Å². The van der Waals surface area contributed by atoms with E-state index in [4.69, 9.17) is 11.6 Å². The molecule has 1 heterocycles. The van der Waals surface area contributed by atoms with Crippen LogP contribution in [0.5, 0.6) is 0 Å². The summed E-state index contributed by atoms with van der Waals surface area (Å²) in [6.07, 6.45) is 0.328. The quantitative estimate of drug-likeness (QED) is 0.794. The summed E-state index contributed by atoms with van der Waals surface area (Å²) in [7, 11) is 0. The number of anilines is 1. The van der Waals surface area contributed by atoms with Crippen LogP contribution in [0, 0.1) is 6.92 Å². The smallest absolute Gasteiger partial charge is 0.319 e. The fourth-order valence-corrected chi connectivity index (χ4v) is 2.41. The molecule has 1 aromatic rings. The standard InChI is InChI=1S/C15H19ClN2O2/c1-10-5-6-11(9-12(10)16)18-13(19)7-8-17(14(18)20)15(2,3)4/h5-6,9H,7-8H2,1-4H3. The zero-order valence-corrected chi connectivity index (χ0v) is 13.0. The number of hydrogen-bond acceptors (Lipinski definition) is 2. The molecule has 0 aromatic heterocycles. The predicted octanol–water partition coefficient (Wildman–Crippen LogP) is 3.61. The van der Waals surface area contributed by atoms with Crippen molar-refractivity contribution in [1.29, 1.82) is 0 Å². The largest absolute Gasteiger partial charge is 0.331 e. The van der Waals surface area contributed by atoms with Gasteiger partial charge in [0.1, 0.15) is 0 Å². The van der Waals surface area contributed by atoms with Gasteiger partial charge in [-0.1, -0.05) is 17.7 Å². The molecule has 0 atom stereocenters. The van der Waals surface area contributed by atoms with Crippen LogP contribution in [0.25, 0.3) is 0 Å². The lowest BCUT2D eigenvalue weighted by atomic mass is 10.0. The number of urea groups is 1. The summed E-state index contributed by atoms with van der Waals surface area (Å²) in [6, 6.07) is 4.95. The van der Waals surface area contributed by atoms with Crippen LogP contribution in [0.3, 0.4) is 0 Å². The van der Waals surface area contributed by atoms with Gasteiger partial charge in [-0.05, 0) is 45.4 Å². The van der Waals surface area contributed by atoms with Crippen molar-refractivity contribution in [2.24, 2.45) is 0 Å². The highest BCUT2D eigenvalue weighted by molar-refractivity contribution is 6.32. The maximum Gasteiger partial charge on any atom is 0.331 e. The van der Waals surface area contributed by atoms with Crippen molar-refractivity contribution < 1.29 is 9.59 Å². The lowest BCUT2D eigenvalue weighted by Crippen LogP contribution is -2.58. The fourth-order valence-electron chi connectivity index (χ4n) is 2.24. The molecule has 0 unspecified atom stereocenters. The zero-order valence-electron chi connectivity index (χ0n) is 12.2. The van der Waals surface area contributed by atoms with Gasteiger partial charge in [0.2, 0.25) is 5.91 Å². The Balaban J connectivity index is 2.40. The molecule has 1 fully saturated rings. The second-order valence-corrected chi connectivity index (χ2v) is 6.42. The number of carbonyl (C=O) groups is 2. The Morgan fingerprint density at radius 2 is 1.85 bits per heavy atom. The molecule has 1 saturated heterocycles. The normalized spacial score (nSPS) is 16.9. The van der Waals surface area contributed by atoms with Crippen LogP contribution >= 0.6 is 11.6 Å². The molecule has 3 amide bonds. The van der Waals surface area contributed by atoms with Gasteiger partial charge in [-0.3, -0.25) is 4.79 Å². The third kappa shape index (κ3) is 2.66. The van der Waals surface area contributed by atoms with Crippen LogP contribution in [0.2, 0.25) is 5.02 Å². The van der Waals surface area contributed by atoms with E-state index in [9.17, 15) is 9.59 Å². The number of nitrogens with zero attached hydrogens (tertiary/aromatic N) is 2. The molecule has 5 heteroatoms. The number of rotatable bonds is 1. The molecule has 1 aliphatic rings. The van der Waals surface area contributed by atoms with Crippen molar-refractivity contribution >= 4 is 29.2 Å². The average molecular weight is 295 g/mol. The lowest BCUT2D eigenvalue weighted by Gasteiger charge is -2.42. The average Bonchev–Trinajstić information content (AvgIpc) is 2.32. The predicted molar refractivity (Wildman–Crippen MR) is 80.1 cm³/mol. The van der Waals surface area contributed by atoms with Crippen LogP contribution in [-0.2, 0) is 4.79 Å². The molecule has 0 radical (unpaired) electrons. The molecule has 1 aliphatic heterocycles. The van der Waals surface area contributed by atoms with E-state index in [0.717, 1.165) is 5.56 Å². The molecule has 20 heavy (non-hydrogen) atoms. The molecule has 0 saturated carbocycles. The summed E-state index contributed by atoms with van der Waals surface area (Å²) >= 11 is 6.09. The van der Waals surface area contributed by atoms with Crippen LogP contribution in [0.15, 0.2) is 18.2 Å². The van der Waals surface area contributed by atoms with Gasteiger partial charge >= 0.3 is 6.03 Å². The van der Waals surface area contributed by atoms with Crippen LogP contribution < -0.4 is 4.90 Å². The maximum atomic E-state index is 12.6. The lowest BCUT2D eigenvalue weighted by molar-refractivity contribution is -0.119. The second kappa shape index (κ2) is 5.09. The topological polar surface area (TPSA) is 40.6 Å². The van der Waals surface area contributed by atoms with E-state index in [-0.39, 0.29) is 17.5 Å². The summed E-state index contributed by atoms with van der Waals surface area (Å²) in [5.74, 6) is -0.185. The van der Waals surface area contributed by atoms with Crippen molar-refractivity contribution in [3.63, 3.8) is 0 Å². The minimum absolute atomic E-state index is 0.185. The number of halogens is 1. The SMILES string of the molecule is Cc1ccc(N2C(=O)CCN(C(C)(C)C)C2=O)cc1Cl. The first kappa shape index (κ1) is 14.9. The Bertz CT molecular complexity index is 563. The Morgan fingerprint density at radius 3 is 2.40 bits per heavy atom. The molecule has 4 nitrogen and oxygen atoms in total. The van der Waals surface area contributed by atoms with E-state index in [1.165, 1.54) is 4.90 Å². The maximum absolute atomic E-state index is 12.6. The number of amides is 3. The highest BCUT2D eigenvalue weighted by Gasteiger charge is 2.38. The summed E-state index contributed by atoms with van der Waals surface area (Å²) < 4.78 is 0. The number of benzene rings is 1. The number of imide groups is 1. The highest BCUT2D eigenvalue weighted by atomic mass is 35.5. The fraction of sp³-hybridized carbons (Fsp3) is 0.467. The molecule has 108 valence electrons. The molecule has 0 N–H and O–H groups in total. The summed E-state index contributed by atoms with van der Waals surface area (Å²) in [5.41, 5.74) is 1.13. The number of hydrogen-bond donors (Lipinski definition) is 0. The summed E-state index contributed by atoms with van der Waals surface area (Å²) in [6.45, 7) is 8.22. The van der Waals surface area contributed by atoms with Crippen molar-refractivity contribution in [2.75, 3.05) is 11.4 Å². The third-order valence-corrected chi connectivity index (χ3v) is 3.85. The molecular weight excluding hydrogens is 276 g/mol. The summed E-state index contributed by atoms with van der Waals surface area (Å²) in [4.78, 5) is 27.6. The second-order valence-electron chi connectivity index (χ2n) is 6.02. The minimum atomic E-state index is -0.315. The van der Waals surface area contributed by atoms with Crippen molar-refractivity contribution in [3.05, 3.63) is 28.8 Å². The van der Waals surface area contributed by atoms with Gasteiger partial charge in [-0.2, -0.15) is 0 Å². The first-order valence-corrected chi connectivity index (χ1v) is 7.00. The van der Waals surface area contributed by atoms with E-state index in [2.05, 4.69) is 0 Å². The van der Waals surface area contributed by atoms with Crippen LogP contribution in [-0.4, -0.2) is 28.9 Å². The van der Waals surface area contributed by atoms with Gasteiger partial charge in [-0.15, -0.1) is 0 Å². The van der Waals surface area contributed by atoms with E-state index in [1.807, 2.05) is 33.8 Å². The first-order chi connectivity index (χ1) is 9.21. The van der Waals surface area contributed by atoms with Crippen molar-refractivity contribution in [1.82, 2.24) is 4.90 Å². The van der Waals surface area contributed by atoms with Crippen LogP contribution in [0.4, 0.5) is 10.5 Å². The molecule has 0 bridgehead atoms. The molecular formula is C15H19ClN2O2. The molecule has 1 aromatic carbocycles. The van der Waals surface area contributed by atoms with Gasteiger partial charge in [0.05, 0.1) is 5.69 Å². The van der Waals surface area contributed by atoms with E-state index >= 15 is 0 Å². The summed E-state index contributed by atoms with van der Waals surface area (Å²) in [5, 5.41) is 0.552. The Kier molecular flexibility index (Phi) is 3.78. The number of carbonyl (C=O) groups excluding carboxylic acids is 2. The van der Waals surface area contributed by atoms with Gasteiger partial charge < -0.3 is 4.90 Å². The first-order valence-electron chi connectivity index (χ1n) is 6.62. The minimum Gasteiger partial charge on any atom is -0.319 e. The molecule has 0 spiro atoms. The van der Waals surface area contributed by atoms with Gasteiger partial charge in [0.15, 0.2) is 0 Å². The van der Waals surface area contributed by atoms with Crippen molar-refractivity contribution in [3.8, 4) is 0 Å². The van der Waals surface area contributed by atoms with E-state index < -0.39 is 0 Å². The van der Waals surface area contributed by atoms with Gasteiger partial charge in [0.25, 0.3) is 0 Å². The Hall–Kier alpha value is -1.55. The zero-order chi connectivity index (χ0) is 15.1. The van der Waals surface area contributed by atoms with Gasteiger partial charge in [0, 0.05) is 23.5 Å². The van der Waals surface area contributed by atoms with Gasteiger partial charge in [-0.25, -0.2) is 9.69 Å².